The first-order valence-electron chi connectivity index (χ1n) is 11.2. The second kappa shape index (κ2) is 10.8. The monoisotopic (exact) mass is 482 g/mol. The Kier molecular flexibility index (Phi) is 8.01. The van der Waals surface area contributed by atoms with E-state index in [4.69, 9.17) is 4.52 Å². The van der Waals surface area contributed by atoms with Gasteiger partial charge in [-0.2, -0.15) is 9.29 Å². The minimum Gasteiger partial charge on any atom is -0.334 e. The molecule has 2 aromatic carbocycles. The van der Waals surface area contributed by atoms with Gasteiger partial charge in [0.05, 0.1) is 16.1 Å². The van der Waals surface area contributed by atoms with E-state index in [0.29, 0.717) is 41.6 Å². The molecular formula is C25H30N4O4S. The second-order valence-electron chi connectivity index (χ2n) is 8.09. The predicted molar refractivity (Wildman–Crippen MR) is 133 cm³/mol. The molecule has 1 amide bonds. The van der Waals surface area contributed by atoms with Crippen molar-refractivity contribution in [3.8, 4) is 11.5 Å². The zero-order valence-corrected chi connectivity index (χ0v) is 20.9. The Morgan fingerprint density at radius 2 is 1.79 bits per heavy atom. The van der Waals surface area contributed by atoms with Gasteiger partial charge in [-0.1, -0.05) is 57.1 Å². The molecule has 8 nitrogen and oxygen atoms in total. The third-order valence-corrected chi connectivity index (χ3v) is 7.42. The lowest BCUT2D eigenvalue weighted by molar-refractivity contribution is -0.111. The van der Waals surface area contributed by atoms with Crippen molar-refractivity contribution < 1.29 is 17.7 Å². The van der Waals surface area contributed by atoms with E-state index in [1.165, 1.54) is 10.4 Å². The minimum absolute atomic E-state index is 0.122. The van der Waals surface area contributed by atoms with Gasteiger partial charge >= 0.3 is 0 Å². The van der Waals surface area contributed by atoms with Crippen molar-refractivity contribution in [2.24, 2.45) is 0 Å². The number of nitrogens with one attached hydrogen (secondary N) is 1. The van der Waals surface area contributed by atoms with Crippen LogP contribution in [-0.4, -0.2) is 41.9 Å². The summed E-state index contributed by atoms with van der Waals surface area (Å²) in [5.41, 5.74) is 2.80. The van der Waals surface area contributed by atoms with E-state index in [1.807, 2.05) is 39.0 Å². The third-order valence-electron chi connectivity index (χ3n) is 5.36. The van der Waals surface area contributed by atoms with E-state index in [0.717, 1.165) is 5.56 Å². The van der Waals surface area contributed by atoms with Gasteiger partial charge in [-0.25, -0.2) is 8.42 Å². The van der Waals surface area contributed by atoms with Gasteiger partial charge in [0.1, 0.15) is 0 Å². The molecule has 0 radical (unpaired) electrons. The van der Waals surface area contributed by atoms with E-state index >= 15 is 0 Å². The molecular weight excluding hydrogens is 452 g/mol. The molecule has 3 aromatic rings. The van der Waals surface area contributed by atoms with E-state index < -0.39 is 10.0 Å². The fraction of sp³-hybridized carbons (Fsp3) is 0.320. The summed E-state index contributed by atoms with van der Waals surface area (Å²) in [7, 11) is -3.52. The van der Waals surface area contributed by atoms with Crippen LogP contribution in [0, 0.1) is 6.92 Å². The largest absolute Gasteiger partial charge is 0.334 e. The van der Waals surface area contributed by atoms with Crippen LogP contribution in [0.15, 0.2) is 58.0 Å². The lowest BCUT2D eigenvalue weighted by atomic mass is 10.1. The molecule has 1 aromatic heterocycles. The van der Waals surface area contributed by atoms with Gasteiger partial charge in [0.25, 0.3) is 5.89 Å². The number of benzene rings is 2. The number of para-hydroxylation sites is 1. The van der Waals surface area contributed by atoms with Gasteiger partial charge in [-0.05, 0) is 42.3 Å². The highest BCUT2D eigenvalue weighted by molar-refractivity contribution is 7.89. The lowest BCUT2D eigenvalue weighted by Gasteiger charge is -2.18. The van der Waals surface area contributed by atoms with Crippen LogP contribution in [0.2, 0.25) is 0 Å². The number of aromatic nitrogens is 2. The molecule has 0 aliphatic heterocycles. The highest BCUT2D eigenvalue weighted by atomic mass is 32.2. The SMILES string of the molecule is CCN(CC)S(=O)(=O)c1ccc(/C=C/C(=O)Nc2c(C)cccc2-c2nc(C(C)C)no2)cc1. The number of aryl methyl sites for hydroxylation is 1. The Labute approximate surface area is 200 Å². The zero-order valence-electron chi connectivity index (χ0n) is 20.1. The molecule has 1 N–H and O–H groups in total. The van der Waals surface area contributed by atoms with E-state index in [9.17, 15) is 13.2 Å². The van der Waals surface area contributed by atoms with Crippen LogP contribution in [0.4, 0.5) is 5.69 Å². The van der Waals surface area contributed by atoms with Crippen molar-refractivity contribution in [2.45, 2.75) is 45.4 Å². The topological polar surface area (TPSA) is 105 Å². The molecule has 0 saturated carbocycles. The van der Waals surface area contributed by atoms with Gasteiger partial charge in [0, 0.05) is 25.1 Å². The summed E-state index contributed by atoms with van der Waals surface area (Å²) in [5.74, 6) is 0.729. The number of amides is 1. The molecule has 9 heteroatoms. The summed E-state index contributed by atoms with van der Waals surface area (Å²) in [6.07, 6.45) is 3.03. The molecule has 0 aliphatic carbocycles. The Bertz CT molecular complexity index is 1270. The highest BCUT2D eigenvalue weighted by Crippen LogP contribution is 2.30. The first-order chi connectivity index (χ1) is 16.2. The molecule has 0 bridgehead atoms. The van der Waals surface area contributed by atoms with E-state index in [1.54, 1.807) is 44.2 Å². The number of anilines is 1. The fourth-order valence-electron chi connectivity index (χ4n) is 3.39. The molecule has 0 saturated heterocycles. The molecule has 0 spiro atoms. The molecule has 0 fully saturated rings. The average molecular weight is 483 g/mol. The Morgan fingerprint density at radius 1 is 1.12 bits per heavy atom. The second-order valence-corrected chi connectivity index (χ2v) is 10.0. The van der Waals surface area contributed by atoms with Crippen molar-refractivity contribution in [1.82, 2.24) is 14.4 Å². The zero-order chi connectivity index (χ0) is 24.9. The summed E-state index contributed by atoms with van der Waals surface area (Å²) in [6, 6.07) is 12.0. The Morgan fingerprint density at radius 3 is 2.38 bits per heavy atom. The van der Waals surface area contributed by atoms with Crippen molar-refractivity contribution in [3.05, 3.63) is 65.5 Å². The molecule has 1 heterocycles. The van der Waals surface area contributed by atoms with Crippen LogP contribution >= 0.6 is 0 Å². The standard InChI is InChI=1S/C25H30N4O4S/c1-6-29(7-2)34(31,32)20-14-11-19(12-15-20)13-16-22(30)26-23-18(5)9-8-10-21(23)25-27-24(17(3)4)28-33-25/h8-17H,6-7H2,1-5H3,(H,26,30)/b16-13+. The van der Waals surface area contributed by atoms with Crippen LogP contribution < -0.4 is 5.32 Å². The number of sulfonamides is 1. The van der Waals surface area contributed by atoms with Crippen LogP contribution in [0.5, 0.6) is 0 Å². The van der Waals surface area contributed by atoms with Crippen LogP contribution in [0.25, 0.3) is 17.5 Å². The molecule has 180 valence electrons. The summed E-state index contributed by atoms with van der Waals surface area (Å²) in [4.78, 5) is 17.3. The Balaban J connectivity index is 1.77. The highest BCUT2D eigenvalue weighted by Gasteiger charge is 2.21. The number of hydrogen-bond acceptors (Lipinski definition) is 6. The smallest absolute Gasteiger partial charge is 0.260 e. The fourth-order valence-corrected chi connectivity index (χ4v) is 4.85. The normalized spacial score (nSPS) is 12.1. The van der Waals surface area contributed by atoms with E-state index in [-0.39, 0.29) is 16.7 Å². The molecule has 34 heavy (non-hydrogen) atoms. The van der Waals surface area contributed by atoms with Crippen molar-refractivity contribution in [2.75, 3.05) is 18.4 Å². The average Bonchev–Trinajstić information content (AvgIpc) is 3.30. The van der Waals surface area contributed by atoms with Crippen LogP contribution in [0.3, 0.4) is 0 Å². The number of hydrogen-bond donors (Lipinski definition) is 1. The van der Waals surface area contributed by atoms with Gasteiger partial charge in [0.15, 0.2) is 5.82 Å². The van der Waals surface area contributed by atoms with Gasteiger partial charge < -0.3 is 9.84 Å². The summed E-state index contributed by atoms with van der Waals surface area (Å²) in [5, 5.41) is 6.90. The molecule has 0 aliphatic rings. The maximum absolute atomic E-state index is 12.7. The number of carbonyl (C=O) groups excluding carboxylic acids is 1. The Hall–Kier alpha value is -3.30. The van der Waals surface area contributed by atoms with Gasteiger partial charge in [-0.3, -0.25) is 4.79 Å². The maximum atomic E-state index is 12.7. The first kappa shape index (κ1) is 25.3. The molecule has 0 atom stereocenters. The number of nitrogens with zero attached hydrogens (tertiary/aromatic N) is 3. The van der Waals surface area contributed by atoms with E-state index in [2.05, 4.69) is 15.5 Å². The van der Waals surface area contributed by atoms with Gasteiger partial charge in [-0.15, -0.1) is 0 Å². The number of carbonyl (C=O) groups is 1. The maximum Gasteiger partial charge on any atom is 0.260 e. The summed E-state index contributed by atoms with van der Waals surface area (Å²) in [6.45, 7) is 10.3. The molecule has 0 unspecified atom stereocenters. The van der Waals surface area contributed by atoms with Crippen molar-refractivity contribution in [3.63, 3.8) is 0 Å². The first-order valence-corrected chi connectivity index (χ1v) is 12.6. The van der Waals surface area contributed by atoms with Crippen molar-refractivity contribution >= 4 is 27.7 Å². The summed E-state index contributed by atoms with van der Waals surface area (Å²) < 4.78 is 32.1. The molecule has 3 rings (SSSR count). The lowest BCUT2D eigenvalue weighted by Crippen LogP contribution is -2.30. The van der Waals surface area contributed by atoms with Crippen molar-refractivity contribution in [1.29, 1.82) is 0 Å². The number of rotatable bonds is 9. The summed E-state index contributed by atoms with van der Waals surface area (Å²) >= 11 is 0. The quantitative estimate of drug-likeness (QED) is 0.437. The van der Waals surface area contributed by atoms with Crippen LogP contribution in [-0.2, 0) is 14.8 Å². The third kappa shape index (κ3) is 5.60. The predicted octanol–water partition coefficient (Wildman–Crippen LogP) is 4.85. The van der Waals surface area contributed by atoms with Crippen LogP contribution in [0.1, 0.15) is 50.6 Å². The minimum atomic E-state index is -3.52. The van der Waals surface area contributed by atoms with Gasteiger partial charge in [0.2, 0.25) is 15.9 Å².